The lowest BCUT2D eigenvalue weighted by atomic mass is 9.99. The average molecular weight is 918 g/mol. The van der Waals surface area contributed by atoms with Gasteiger partial charge >= 0.3 is 10.4 Å². The standard InChI is InChI=1S/C49H91NO12S/c1-3-5-7-9-11-13-15-17-19-20-21-22-23-24-26-28-30-32-34-36-38-43(53)48(56)50-41(40-60-49-46(55)47(62-63(57,58)59)45(54)44(39-51)61-49)42(52)37-35-33-31-29-27-25-18-16-14-12-10-8-6-4-2/h14,16,27,29,35,37,41-47,49,51-55H,3-13,15,17-26,28,30-34,36,38-40H2,1-2H3,(H,50,56)(H,57,58,59)/b16-14+,29-27+,37-35+. The molecule has 7 N–H and O–H groups in total. The Bertz CT molecular complexity index is 1280. The van der Waals surface area contributed by atoms with Crippen LogP contribution < -0.4 is 5.32 Å². The van der Waals surface area contributed by atoms with E-state index in [1.54, 1.807) is 6.08 Å². The fraction of sp³-hybridized carbons (Fsp3) is 0.857. The molecule has 14 heteroatoms. The highest BCUT2D eigenvalue weighted by atomic mass is 32.3. The summed E-state index contributed by atoms with van der Waals surface area (Å²) in [6, 6.07) is -1.14. The SMILES string of the molecule is CCCCCC/C=C/CC/C=C/CC/C=C/C(O)C(COC1OC(CO)C(O)C(OS(=O)(=O)O)C1O)NC(=O)C(O)CCCCCCCCCCCCCCCCCCCCCC. The highest BCUT2D eigenvalue weighted by Crippen LogP contribution is 2.26. The number of allylic oxidation sites excluding steroid dienone is 5. The van der Waals surface area contributed by atoms with E-state index in [0.29, 0.717) is 12.8 Å². The van der Waals surface area contributed by atoms with Gasteiger partial charge in [-0.15, -0.1) is 0 Å². The predicted octanol–water partition coefficient (Wildman–Crippen LogP) is 9.25. The Morgan fingerprint density at radius 3 is 1.52 bits per heavy atom. The molecule has 1 amide bonds. The van der Waals surface area contributed by atoms with Crippen molar-refractivity contribution >= 4 is 16.3 Å². The van der Waals surface area contributed by atoms with E-state index >= 15 is 0 Å². The molecule has 63 heavy (non-hydrogen) atoms. The van der Waals surface area contributed by atoms with Crippen LogP contribution in [0.1, 0.15) is 206 Å². The predicted molar refractivity (Wildman–Crippen MR) is 251 cm³/mol. The van der Waals surface area contributed by atoms with Crippen LogP contribution in [0.3, 0.4) is 0 Å². The van der Waals surface area contributed by atoms with Crippen molar-refractivity contribution in [1.82, 2.24) is 5.32 Å². The number of hydrogen-bond donors (Lipinski definition) is 7. The zero-order chi connectivity index (χ0) is 46.4. The lowest BCUT2D eigenvalue weighted by Gasteiger charge is -2.41. The molecule has 1 aliphatic heterocycles. The largest absolute Gasteiger partial charge is 0.397 e. The molecular weight excluding hydrogens is 827 g/mol. The van der Waals surface area contributed by atoms with E-state index in [9.17, 15) is 43.3 Å². The van der Waals surface area contributed by atoms with Crippen molar-refractivity contribution in [3.8, 4) is 0 Å². The monoisotopic (exact) mass is 918 g/mol. The number of nitrogens with one attached hydrogen (secondary N) is 1. The molecule has 0 aromatic heterocycles. The van der Waals surface area contributed by atoms with Gasteiger partial charge in [0.25, 0.3) is 0 Å². The van der Waals surface area contributed by atoms with Crippen LogP contribution in [-0.4, -0.2) is 107 Å². The number of aliphatic hydroxyl groups is 5. The zero-order valence-electron chi connectivity index (χ0n) is 39.3. The van der Waals surface area contributed by atoms with Crippen molar-refractivity contribution in [2.75, 3.05) is 13.2 Å². The van der Waals surface area contributed by atoms with Gasteiger partial charge in [-0.25, -0.2) is 4.18 Å². The summed E-state index contributed by atoms with van der Waals surface area (Å²) < 4.78 is 47.5. The number of rotatable bonds is 42. The van der Waals surface area contributed by atoms with Gasteiger partial charge in [0.1, 0.15) is 30.5 Å². The van der Waals surface area contributed by atoms with E-state index in [2.05, 4.69) is 47.7 Å². The second-order valence-corrected chi connectivity index (χ2v) is 18.6. The molecule has 8 atom stereocenters. The van der Waals surface area contributed by atoms with E-state index in [1.807, 2.05) is 0 Å². The highest BCUT2D eigenvalue weighted by molar-refractivity contribution is 7.80. The van der Waals surface area contributed by atoms with Gasteiger partial charge in [-0.2, -0.15) is 8.42 Å². The topological polar surface area (TPSA) is 212 Å². The Morgan fingerprint density at radius 1 is 0.635 bits per heavy atom. The van der Waals surface area contributed by atoms with E-state index in [0.717, 1.165) is 44.9 Å². The van der Waals surface area contributed by atoms with Gasteiger partial charge in [0.15, 0.2) is 6.29 Å². The lowest BCUT2D eigenvalue weighted by Crippen LogP contribution is -2.61. The van der Waals surface area contributed by atoms with Crippen molar-refractivity contribution < 1.29 is 57.0 Å². The number of unbranched alkanes of at least 4 members (excludes halogenated alkanes) is 25. The van der Waals surface area contributed by atoms with Crippen molar-refractivity contribution in [2.24, 2.45) is 0 Å². The van der Waals surface area contributed by atoms with Crippen LogP contribution in [0.2, 0.25) is 0 Å². The molecule has 0 bridgehead atoms. The molecule has 1 aliphatic rings. The Morgan fingerprint density at radius 2 is 1.06 bits per heavy atom. The molecule has 1 saturated heterocycles. The Kier molecular flexibility index (Phi) is 37.1. The van der Waals surface area contributed by atoms with Crippen LogP contribution in [0.4, 0.5) is 0 Å². The third-order valence-corrected chi connectivity index (χ3v) is 12.2. The van der Waals surface area contributed by atoms with E-state index < -0.39 is 78.5 Å². The summed E-state index contributed by atoms with van der Waals surface area (Å²) in [5, 5.41) is 55.2. The average Bonchev–Trinajstić information content (AvgIpc) is 3.25. The second-order valence-electron chi connectivity index (χ2n) is 17.5. The van der Waals surface area contributed by atoms with Gasteiger partial charge in [0.2, 0.25) is 5.91 Å². The Labute approximate surface area is 382 Å². The number of aliphatic hydroxyl groups excluding tert-OH is 5. The molecule has 370 valence electrons. The molecule has 0 spiro atoms. The second kappa shape index (κ2) is 39.4. The van der Waals surface area contributed by atoms with Crippen LogP contribution in [0.5, 0.6) is 0 Å². The van der Waals surface area contributed by atoms with Gasteiger partial charge in [0.05, 0.1) is 25.4 Å². The maximum atomic E-state index is 13.1. The maximum Gasteiger partial charge on any atom is 0.397 e. The summed E-state index contributed by atoms with van der Waals surface area (Å²) in [4.78, 5) is 13.1. The van der Waals surface area contributed by atoms with Crippen molar-refractivity contribution in [3.05, 3.63) is 36.5 Å². The van der Waals surface area contributed by atoms with Crippen LogP contribution >= 0.6 is 0 Å². The smallest absolute Gasteiger partial charge is 0.394 e. The molecule has 1 rings (SSSR count). The summed E-state index contributed by atoms with van der Waals surface area (Å²) >= 11 is 0. The molecule has 0 saturated carbocycles. The number of carbonyl (C=O) groups is 1. The Balaban J connectivity index is 2.52. The van der Waals surface area contributed by atoms with Crippen molar-refractivity contribution in [1.29, 1.82) is 0 Å². The minimum absolute atomic E-state index is 0.237. The van der Waals surface area contributed by atoms with Gasteiger partial charge in [-0.1, -0.05) is 198 Å². The zero-order valence-corrected chi connectivity index (χ0v) is 40.1. The normalized spacial score (nSPS) is 21.2. The van der Waals surface area contributed by atoms with Crippen molar-refractivity contribution in [2.45, 2.75) is 255 Å². The fourth-order valence-corrected chi connectivity index (χ4v) is 8.30. The van der Waals surface area contributed by atoms with E-state index in [1.165, 1.54) is 134 Å². The molecule has 0 aromatic rings. The molecule has 0 radical (unpaired) electrons. The quantitative estimate of drug-likeness (QED) is 0.0174. The van der Waals surface area contributed by atoms with Crippen LogP contribution in [0.25, 0.3) is 0 Å². The fourth-order valence-electron chi connectivity index (χ4n) is 7.79. The molecule has 8 unspecified atom stereocenters. The first kappa shape index (κ1) is 59.3. The summed E-state index contributed by atoms with van der Waals surface area (Å²) in [6.45, 7) is 3.18. The van der Waals surface area contributed by atoms with Crippen LogP contribution in [-0.2, 0) is 28.9 Å². The molecule has 1 fully saturated rings. The number of amides is 1. The summed E-state index contributed by atoms with van der Waals surface area (Å²) in [7, 11) is -5.12. The van der Waals surface area contributed by atoms with Gasteiger partial charge in [-0.3, -0.25) is 9.35 Å². The van der Waals surface area contributed by atoms with Crippen molar-refractivity contribution in [3.63, 3.8) is 0 Å². The molecule has 1 heterocycles. The maximum absolute atomic E-state index is 13.1. The first-order valence-electron chi connectivity index (χ1n) is 25.0. The van der Waals surface area contributed by atoms with Gasteiger partial charge in [0, 0.05) is 0 Å². The van der Waals surface area contributed by atoms with E-state index in [-0.39, 0.29) is 6.42 Å². The first-order chi connectivity index (χ1) is 30.4. The summed E-state index contributed by atoms with van der Waals surface area (Å²) in [5.41, 5.74) is 0. The highest BCUT2D eigenvalue weighted by Gasteiger charge is 2.48. The molecule has 0 aromatic carbocycles. The van der Waals surface area contributed by atoms with Crippen LogP contribution in [0, 0.1) is 0 Å². The summed E-state index contributed by atoms with van der Waals surface area (Å²) in [6.07, 6.45) is 35.2. The number of hydrogen-bond acceptors (Lipinski definition) is 11. The van der Waals surface area contributed by atoms with Gasteiger partial charge in [-0.05, 0) is 44.9 Å². The number of ether oxygens (including phenoxy) is 2. The first-order valence-corrected chi connectivity index (χ1v) is 26.3. The lowest BCUT2D eigenvalue weighted by molar-refractivity contribution is -0.298. The van der Waals surface area contributed by atoms with Crippen LogP contribution in [0.15, 0.2) is 36.5 Å². The van der Waals surface area contributed by atoms with E-state index in [4.69, 9.17) is 9.47 Å². The third-order valence-electron chi connectivity index (χ3n) is 11.8. The minimum atomic E-state index is -5.12. The van der Waals surface area contributed by atoms with Gasteiger partial charge < -0.3 is 40.3 Å². The minimum Gasteiger partial charge on any atom is -0.394 e. The number of carbonyl (C=O) groups excluding carboxylic acids is 1. The molecule has 0 aliphatic carbocycles. The molecular formula is C49H91NO12S. The Hall–Kier alpha value is -1.72. The third kappa shape index (κ3) is 31.8. The summed E-state index contributed by atoms with van der Waals surface area (Å²) in [5.74, 6) is -0.715. The molecule has 13 nitrogen and oxygen atoms in total.